The Bertz CT molecular complexity index is 1470. The summed E-state index contributed by atoms with van der Waals surface area (Å²) >= 11 is 1.24. The molecule has 2 aromatic carbocycles. The number of carbonyl (C=O) groups is 1. The number of hydrogen-bond acceptors (Lipinski definition) is 8. The first-order valence-corrected chi connectivity index (χ1v) is 12.0. The molecule has 1 N–H and O–H groups in total. The lowest BCUT2D eigenvalue weighted by atomic mass is 9.95. The number of esters is 1. The first-order valence-electron chi connectivity index (χ1n) is 11.2. The predicted molar refractivity (Wildman–Crippen MR) is 133 cm³/mol. The van der Waals surface area contributed by atoms with Gasteiger partial charge in [-0.2, -0.15) is 0 Å². The minimum Gasteiger partial charge on any atom is -0.508 e. The maximum absolute atomic E-state index is 13.6. The molecule has 0 fully saturated rings. The molecule has 3 aromatic rings. The van der Waals surface area contributed by atoms with E-state index in [0.29, 0.717) is 44.3 Å². The van der Waals surface area contributed by atoms with Crippen molar-refractivity contribution < 1.29 is 24.1 Å². The molecule has 0 aliphatic carbocycles. The second-order valence-corrected chi connectivity index (χ2v) is 8.75. The lowest BCUT2D eigenvalue weighted by Gasteiger charge is -2.25. The fourth-order valence-electron chi connectivity index (χ4n) is 3.96. The fourth-order valence-corrected chi connectivity index (χ4v) is 5.01. The number of fused-ring (bicyclic) bond motifs is 1. The Labute approximate surface area is 206 Å². The van der Waals surface area contributed by atoms with E-state index in [2.05, 4.69) is 4.99 Å². The van der Waals surface area contributed by atoms with Gasteiger partial charge < -0.3 is 19.3 Å². The van der Waals surface area contributed by atoms with Crippen molar-refractivity contribution in [2.45, 2.75) is 26.8 Å². The number of carbonyl (C=O) groups excluding carboxylic acids is 1. The van der Waals surface area contributed by atoms with Crippen LogP contribution in [0.2, 0.25) is 0 Å². The topological polar surface area (TPSA) is 99.4 Å². The number of ether oxygens (including phenoxy) is 3. The van der Waals surface area contributed by atoms with Crippen LogP contribution in [-0.4, -0.2) is 36.0 Å². The highest BCUT2D eigenvalue weighted by molar-refractivity contribution is 7.07. The zero-order valence-electron chi connectivity index (χ0n) is 19.9. The van der Waals surface area contributed by atoms with E-state index < -0.39 is 12.0 Å². The lowest BCUT2D eigenvalue weighted by Crippen LogP contribution is -2.40. The molecular formula is C26H26N2O6S. The van der Waals surface area contributed by atoms with Crippen molar-refractivity contribution in [1.82, 2.24) is 4.57 Å². The SMILES string of the molecule is CCOC(=O)C1=C(C)N=c2sc(=Cc3ccc(O)cc3)c(=O)n2C1c1ccc(OC)c(OCC)c1. The molecule has 0 saturated heterocycles. The molecule has 0 bridgehead atoms. The molecule has 9 heteroatoms. The highest BCUT2D eigenvalue weighted by Crippen LogP contribution is 2.36. The van der Waals surface area contributed by atoms with Gasteiger partial charge in [-0.25, -0.2) is 9.79 Å². The summed E-state index contributed by atoms with van der Waals surface area (Å²) in [6, 6.07) is 11.1. The maximum atomic E-state index is 13.6. The first-order chi connectivity index (χ1) is 16.9. The number of allylic oxidation sites excluding steroid dienone is 1. The molecule has 4 rings (SSSR count). The van der Waals surface area contributed by atoms with Gasteiger partial charge >= 0.3 is 5.97 Å². The number of phenols is 1. The Morgan fingerprint density at radius 2 is 1.89 bits per heavy atom. The zero-order chi connectivity index (χ0) is 25.1. The number of nitrogens with zero attached hydrogens (tertiary/aromatic N) is 2. The highest BCUT2D eigenvalue weighted by atomic mass is 32.1. The van der Waals surface area contributed by atoms with Crippen LogP contribution in [0.4, 0.5) is 0 Å². The Hall–Kier alpha value is -3.85. The third-order valence-electron chi connectivity index (χ3n) is 5.51. The van der Waals surface area contributed by atoms with Crippen molar-refractivity contribution in [3.63, 3.8) is 0 Å². The molecular weight excluding hydrogens is 468 g/mol. The maximum Gasteiger partial charge on any atom is 0.338 e. The summed E-state index contributed by atoms with van der Waals surface area (Å²) in [5.74, 6) is 0.675. The van der Waals surface area contributed by atoms with Gasteiger partial charge in [0.25, 0.3) is 5.56 Å². The molecule has 8 nitrogen and oxygen atoms in total. The van der Waals surface area contributed by atoms with Gasteiger partial charge in [0.2, 0.25) is 0 Å². The van der Waals surface area contributed by atoms with Crippen molar-refractivity contribution in [2.24, 2.45) is 4.99 Å². The molecule has 1 aliphatic rings. The number of thiazole rings is 1. The van der Waals surface area contributed by atoms with E-state index in [1.165, 1.54) is 15.9 Å². The van der Waals surface area contributed by atoms with Crippen LogP contribution in [0.1, 0.15) is 37.9 Å². The number of hydrogen-bond donors (Lipinski definition) is 1. The Balaban J connectivity index is 1.96. The average molecular weight is 495 g/mol. The highest BCUT2D eigenvalue weighted by Gasteiger charge is 2.33. The molecule has 0 spiro atoms. The van der Waals surface area contributed by atoms with E-state index in [-0.39, 0.29) is 17.9 Å². The Kier molecular flexibility index (Phi) is 7.07. The van der Waals surface area contributed by atoms with Crippen molar-refractivity contribution >= 4 is 23.4 Å². The summed E-state index contributed by atoms with van der Waals surface area (Å²) in [7, 11) is 1.55. The average Bonchev–Trinajstić information content (AvgIpc) is 3.14. The van der Waals surface area contributed by atoms with Gasteiger partial charge in [0.1, 0.15) is 5.75 Å². The van der Waals surface area contributed by atoms with Gasteiger partial charge in [-0.05, 0) is 62.2 Å². The summed E-state index contributed by atoms with van der Waals surface area (Å²) in [5, 5.41) is 9.56. The monoisotopic (exact) mass is 494 g/mol. The summed E-state index contributed by atoms with van der Waals surface area (Å²) < 4.78 is 18.5. The Morgan fingerprint density at radius 3 is 2.54 bits per heavy atom. The van der Waals surface area contributed by atoms with E-state index in [0.717, 1.165) is 5.56 Å². The van der Waals surface area contributed by atoms with Crippen LogP contribution < -0.4 is 24.4 Å². The van der Waals surface area contributed by atoms with Gasteiger partial charge in [0.05, 0.1) is 42.2 Å². The smallest absolute Gasteiger partial charge is 0.338 e. The zero-order valence-corrected chi connectivity index (χ0v) is 20.7. The van der Waals surface area contributed by atoms with Crippen LogP contribution in [0.25, 0.3) is 6.08 Å². The first kappa shape index (κ1) is 24.3. The third-order valence-corrected chi connectivity index (χ3v) is 6.49. The summed E-state index contributed by atoms with van der Waals surface area (Å²) in [6.07, 6.45) is 1.74. The van der Waals surface area contributed by atoms with Gasteiger partial charge in [0.15, 0.2) is 16.3 Å². The quantitative estimate of drug-likeness (QED) is 0.507. The van der Waals surface area contributed by atoms with Crippen LogP contribution in [0, 0.1) is 0 Å². The normalized spacial score (nSPS) is 15.4. The van der Waals surface area contributed by atoms with Crippen molar-refractivity contribution in [1.29, 1.82) is 0 Å². The van der Waals surface area contributed by atoms with Gasteiger partial charge in [-0.1, -0.05) is 29.5 Å². The number of rotatable bonds is 7. The van der Waals surface area contributed by atoms with E-state index in [4.69, 9.17) is 14.2 Å². The fraction of sp³-hybridized carbons (Fsp3) is 0.269. The predicted octanol–water partition coefficient (Wildman–Crippen LogP) is 2.91. The molecule has 182 valence electrons. The minimum absolute atomic E-state index is 0.142. The molecule has 1 aliphatic heterocycles. The van der Waals surface area contributed by atoms with Gasteiger partial charge in [0, 0.05) is 0 Å². The number of methoxy groups -OCH3 is 1. The second kappa shape index (κ2) is 10.2. The molecule has 35 heavy (non-hydrogen) atoms. The molecule has 1 atom stereocenters. The summed E-state index contributed by atoms with van der Waals surface area (Å²) in [4.78, 5) is 31.7. The standard InChI is InChI=1S/C26H26N2O6S/c1-5-33-20-14-17(9-12-19(20)32-4)23-22(25(31)34-6-2)15(3)27-26-28(23)24(30)21(35-26)13-16-7-10-18(29)11-8-16/h7-14,23,29H,5-6H2,1-4H3. The minimum atomic E-state index is -0.752. The molecule has 2 heterocycles. The van der Waals surface area contributed by atoms with Crippen LogP contribution in [0.3, 0.4) is 0 Å². The lowest BCUT2D eigenvalue weighted by molar-refractivity contribution is -0.139. The van der Waals surface area contributed by atoms with Crippen LogP contribution in [0.5, 0.6) is 17.2 Å². The van der Waals surface area contributed by atoms with E-state index in [1.807, 2.05) is 6.92 Å². The number of phenolic OH excluding ortho intramolecular Hbond substituents is 1. The van der Waals surface area contributed by atoms with Crippen LogP contribution in [-0.2, 0) is 9.53 Å². The van der Waals surface area contributed by atoms with E-state index in [9.17, 15) is 14.7 Å². The van der Waals surface area contributed by atoms with Crippen molar-refractivity contribution in [2.75, 3.05) is 20.3 Å². The van der Waals surface area contributed by atoms with E-state index in [1.54, 1.807) is 69.5 Å². The molecule has 1 aromatic heterocycles. The van der Waals surface area contributed by atoms with Crippen LogP contribution >= 0.6 is 11.3 Å². The Morgan fingerprint density at radius 1 is 1.14 bits per heavy atom. The largest absolute Gasteiger partial charge is 0.508 e. The van der Waals surface area contributed by atoms with Crippen molar-refractivity contribution in [3.05, 3.63) is 84.5 Å². The number of benzene rings is 2. The molecule has 0 saturated carbocycles. The molecule has 0 amide bonds. The molecule has 0 radical (unpaired) electrons. The van der Waals surface area contributed by atoms with Gasteiger partial charge in [-0.15, -0.1) is 0 Å². The van der Waals surface area contributed by atoms with E-state index >= 15 is 0 Å². The molecule has 1 unspecified atom stereocenters. The van der Waals surface area contributed by atoms with Gasteiger partial charge in [-0.3, -0.25) is 9.36 Å². The number of aromatic hydroxyl groups is 1. The third kappa shape index (κ3) is 4.72. The van der Waals surface area contributed by atoms with Crippen LogP contribution in [0.15, 0.2) is 63.5 Å². The number of aromatic nitrogens is 1. The summed E-state index contributed by atoms with van der Waals surface area (Å²) in [6.45, 7) is 5.96. The summed E-state index contributed by atoms with van der Waals surface area (Å²) in [5.41, 5.74) is 1.93. The van der Waals surface area contributed by atoms with Crippen molar-refractivity contribution in [3.8, 4) is 17.2 Å². The second-order valence-electron chi connectivity index (χ2n) is 7.74.